The van der Waals surface area contributed by atoms with Gasteiger partial charge in [0, 0.05) is 0 Å². The Morgan fingerprint density at radius 1 is 1.42 bits per heavy atom. The Morgan fingerprint density at radius 2 is 2.08 bits per heavy atom. The van der Waals surface area contributed by atoms with Crippen molar-refractivity contribution in [3.8, 4) is 0 Å². The van der Waals surface area contributed by atoms with Crippen molar-refractivity contribution in [2.45, 2.75) is 5.75 Å². The van der Waals surface area contributed by atoms with Crippen LogP contribution in [-0.2, 0) is 15.9 Å². The minimum Gasteiger partial charge on any atom is -0.748 e. The molecule has 3 nitrogen and oxygen atoms in total. The molecule has 0 aliphatic carbocycles. The van der Waals surface area contributed by atoms with Gasteiger partial charge < -0.3 is 4.55 Å². The fourth-order valence-electron chi connectivity index (χ4n) is 0.887. The lowest BCUT2D eigenvalue weighted by Gasteiger charge is -2.06. The summed E-state index contributed by atoms with van der Waals surface area (Å²) in [4.78, 5) is 0. The van der Waals surface area contributed by atoms with Crippen molar-refractivity contribution in [1.82, 2.24) is 0 Å². The molecule has 5 heteroatoms. The van der Waals surface area contributed by atoms with Gasteiger partial charge in [-0.1, -0.05) is 24.3 Å². The van der Waals surface area contributed by atoms with Crippen molar-refractivity contribution in [2.24, 2.45) is 0 Å². The summed E-state index contributed by atoms with van der Waals surface area (Å²) in [6.07, 6.45) is 0. The Bertz CT molecular complexity index is 372. The quantitative estimate of drug-likeness (QED) is 0.510. The molecule has 1 rings (SSSR count). The zero-order valence-corrected chi connectivity index (χ0v) is 8.20. The first-order valence-electron chi connectivity index (χ1n) is 3.25. The molecule has 0 N–H and O–H groups in total. The molecule has 0 bridgehead atoms. The van der Waals surface area contributed by atoms with Crippen LogP contribution in [0.25, 0.3) is 0 Å². The van der Waals surface area contributed by atoms with E-state index in [1.54, 1.807) is 18.2 Å². The first-order valence-corrected chi connectivity index (χ1v) is 5.41. The first-order chi connectivity index (χ1) is 5.47. The molecule has 0 amide bonds. The van der Waals surface area contributed by atoms with Gasteiger partial charge in [0.1, 0.15) is 0 Å². The molecule has 0 heterocycles. The molecule has 0 fully saturated rings. The van der Waals surface area contributed by atoms with Crippen LogP contribution in [0.1, 0.15) is 5.56 Å². The predicted molar refractivity (Wildman–Crippen MR) is 49.2 cm³/mol. The van der Waals surface area contributed by atoms with Crippen LogP contribution in [0.3, 0.4) is 0 Å². The second kappa shape index (κ2) is 3.52. The fraction of sp³-hybridized carbons (Fsp3) is 0.143. The van der Waals surface area contributed by atoms with E-state index in [0.717, 1.165) is 5.30 Å². The molecule has 0 radical (unpaired) electrons. The third-order valence-corrected chi connectivity index (χ3v) is 2.34. The molecule has 1 atom stereocenters. The van der Waals surface area contributed by atoms with Gasteiger partial charge in [-0.3, -0.25) is 0 Å². The lowest BCUT2D eigenvalue weighted by Crippen LogP contribution is -2.03. The van der Waals surface area contributed by atoms with E-state index in [2.05, 4.69) is 9.24 Å². The van der Waals surface area contributed by atoms with Crippen LogP contribution >= 0.6 is 9.24 Å². The summed E-state index contributed by atoms with van der Waals surface area (Å²) in [6.45, 7) is 0. The fourth-order valence-corrected chi connectivity index (χ4v) is 1.80. The average Bonchev–Trinajstić information content (AvgIpc) is 1.82. The molecular formula is C7H8O3PS-. The van der Waals surface area contributed by atoms with E-state index >= 15 is 0 Å². The molecule has 0 spiro atoms. The van der Waals surface area contributed by atoms with E-state index in [1.807, 2.05) is 6.07 Å². The number of hydrogen-bond donors (Lipinski definition) is 0. The largest absolute Gasteiger partial charge is 0.748 e. The highest BCUT2D eigenvalue weighted by atomic mass is 32.2. The summed E-state index contributed by atoms with van der Waals surface area (Å²) in [5, 5.41) is 0.871. The Morgan fingerprint density at radius 3 is 2.58 bits per heavy atom. The van der Waals surface area contributed by atoms with Crippen LogP contribution in [-0.4, -0.2) is 13.0 Å². The monoisotopic (exact) mass is 203 g/mol. The molecule has 0 aliphatic heterocycles. The standard InChI is InChI=1S/C7H9O3PS/c8-12(9,10)5-6-2-1-3-7(11)4-6/h1-4H,5,11H2,(H,8,9,10)/p-1. The molecule has 0 saturated carbocycles. The molecule has 1 aromatic carbocycles. The van der Waals surface area contributed by atoms with Gasteiger partial charge in [0.05, 0.1) is 15.9 Å². The van der Waals surface area contributed by atoms with E-state index in [4.69, 9.17) is 0 Å². The van der Waals surface area contributed by atoms with Gasteiger partial charge in [0.25, 0.3) is 0 Å². The SMILES string of the molecule is O=S(=O)([O-])Cc1cccc(P)c1. The lowest BCUT2D eigenvalue weighted by atomic mass is 10.2. The highest BCUT2D eigenvalue weighted by molar-refractivity contribution is 7.84. The predicted octanol–water partition coefficient (Wildman–Crippen LogP) is 0.232. The van der Waals surface area contributed by atoms with E-state index < -0.39 is 15.9 Å². The van der Waals surface area contributed by atoms with Crippen molar-refractivity contribution in [2.75, 3.05) is 0 Å². The summed E-state index contributed by atoms with van der Waals surface area (Å²) >= 11 is 0. The highest BCUT2D eigenvalue weighted by Gasteiger charge is 1.98. The molecule has 12 heavy (non-hydrogen) atoms. The van der Waals surface area contributed by atoms with Gasteiger partial charge in [-0.05, 0) is 10.9 Å². The maximum absolute atomic E-state index is 10.3. The van der Waals surface area contributed by atoms with Gasteiger partial charge in [0.15, 0.2) is 0 Å². The van der Waals surface area contributed by atoms with Crippen molar-refractivity contribution in [3.63, 3.8) is 0 Å². The van der Waals surface area contributed by atoms with Crippen LogP contribution in [0.4, 0.5) is 0 Å². The van der Waals surface area contributed by atoms with Crippen LogP contribution in [0.15, 0.2) is 24.3 Å². The van der Waals surface area contributed by atoms with Gasteiger partial charge in [-0.2, -0.15) is 0 Å². The Balaban J connectivity index is 2.91. The summed E-state index contributed by atoms with van der Waals surface area (Å²) < 4.78 is 31.0. The third kappa shape index (κ3) is 3.30. The maximum Gasteiger partial charge on any atom is 0.0988 e. The topological polar surface area (TPSA) is 57.2 Å². The molecule has 1 unspecified atom stereocenters. The number of hydrogen-bond acceptors (Lipinski definition) is 3. The highest BCUT2D eigenvalue weighted by Crippen LogP contribution is 2.03. The van der Waals surface area contributed by atoms with Crippen LogP contribution < -0.4 is 5.30 Å². The summed E-state index contributed by atoms with van der Waals surface area (Å²) in [7, 11) is -1.72. The average molecular weight is 203 g/mol. The Kier molecular flexibility index (Phi) is 2.83. The van der Waals surface area contributed by atoms with Crippen LogP contribution in [0.5, 0.6) is 0 Å². The van der Waals surface area contributed by atoms with Crippen molar-refractivity contribution < 1.29 is 13.0 Å². The van der Waals surface area contributed by atoms with Gasteiger partial charge in [0.2, 0.25) is 0 Å². The normalized spacial score (nSPS) is 11.5. The summed E-state index contributed by atoms with van der Waals surface area (Å²) in [6, 6.07) is 6.79. The maximum atomic E-state index is 10.3. The van der Waals surface area contributed by atoms with E-state index in [1.165, 1.54) is 0 Å². The zero-order valence-electron chi connectivity index (χ0n) is 6.23. The van der Waals surface area contributed by atoms with Crippen molar-refractivity contribution in [3.05, 3.63) is 29.8 Å². The third-order valence-electron chi connectivity index (χ3n) is 1.29. The van der Waals surface area contributed by atoms with Gasteiger partial charge in [-0.15, -0.1) is 9.24 Å². The number of rotatable bonds is 2. The van der Waals surface area contributed by atoms with Crippen molar-refractivity contribution in [1.29, 1.82) is 0 Å². The van der Waals surface area contributed by atoms with Gasteiger partial charge >= 0.3 is 0 Å². The smallest absolute Gasteiger partial charge is 0.0988 e. The van der Waals surface area contributed by atoms with Crippen LogP contribution in [0.2, 0.25) is 0 Å². The van der Waals surface area contributed by atoms with Crippen LogP contribution in [0, 0.1) is 0 Å². The molecule has 0 aliphatic rings. The minimum atomic E-state index is -4.15. The molecule has 0 aromatic heterocycles. The summed E-state index contributed by atoms with van der Waals surface area (Å²) in [5.41, 5.74) is 0.525. The second-order valence-electron chi connectivity index (χ2n) is 2.45. The second-order valence-corrected chi connectivity index (χ2v) is 4.52. The molecule has 66 valence electrons. The van der Waals surface area contributed by atoms with E-state index in [9.17, 15) is 13.0 Å². The molecular weight excluding hydrogens is 195 g/mol. The lowest BCUT2D eigenvalue weighted by molar-refractivity contribution is 0.462. The zero-order chi connectivity index (χ0) is 9.19. The molecule has 0 saturated heterocycles. The van der Waals surface area contributed by atoms with E-state index in [-0.39, 0.29) is 0 Å². The number of benzene rings is 1. The Labute approximate surface area is 73.8 Å². The minimum absolute atomic E-state index is 0.435. The van der Waals surface area contributed by atoms with E-state index in [0.29, 0.717) is 5.56 Å². The Hall–Kier alpha value is -0.440. The van der Waals surface area contributed by atoms with Gasteiger partial charge in [-0.25, -0.2) is 8.42 Å². The molecule has 1 aromatic rings. The summed E-state index contributed by atoms with van der Waals surface area (Å²) in [5.74, 6) is -0.435. The van der Waals surface area contributed by atoms with Crippen molar-refractivity contribution >= 4 is 24.7 Å². The first kappa shape index (κ1) is 9.65.